The van der Waals surface area contributed by atoms with Gasteiger partial charge in [0.1, 0.15) is 5.82 Å². The molecule has 0 aromatic heterocycles. The lowest BCUT2D eigenvalue weighted by atomic mass is 9.88. The summed E-state index contributed by atoms with van der Waals surface area (Å²) in [6, 6.07) is 20.1. The lowest BCUT2D eigenvalue weighted by Crippen LogP contribution is -2.03. The molecule has 0 saturated heterocycles. The van der Waals surface area contributed by atoms with Crippen LogP contribution in [0.25, 0.3) is 22.3 Å². The van der Waals surface area contributed by atoms with Crippen LogP contribution in [-0.2, 0) is 17.6 Å². The second-order valence-corrected chi connectivity index (χ2v) is 6.25. The molecule has 4 rings (SSSR count). The topological polar surface area (TPSA) is 52.9 Å². The summed E-state index contributed by atoms with van der Waals surface area (Å²) in [5.41, 5.74) is 5.52. The summed E-state index contributed by atoms with van der Waals surface area (Å²) in [7, 11) is 0. The van der Waals surface area contributed by atoms with Crippen molar-refractivity contribution in [2.45, 2.75) is 12.8 Å². The van der Waals surface area contributed by atoms with Gasteiger partial charge in [-0.3, -0.25) is 4.79 Å². The van der Waals surface area contributed by atoms with Crippen LogP contribution < -0.4 is 5.32 Å². The van der Waals surface area contributed by atoms with Crippen LogP contribution in [0.4, 0.5) is 10.1 Å². The molecule has 0 bridgehead atoms. The van der Waals surface area contributed by atoms with Crippen LogP contribution >= 0.6 is 0 Å². The van der Waals surface area contributed by atoms with E-state index in [9.17, 15) is 14.4 Å². The zero-order valence-electron chi connectivity index (χ0n) is 13.9. The predicted octanol–water partition coefficient (Wildman–Crippen LogP) is 4.72. The Morgan fingerprint density at radius 1 is 1.04 bits per heavy atom. The number of nitrogens with zero attached hydrogens (tertiary/aromatic N) is 1. The molecule has 126 valence electrons. The highest BCUT2D eigenvalue weighted by Crippen LogP contribution is 2.38. The van der Waals surface area contributed by atoms with Gasteiger partial charge in [0.15, 0.2) is 0 Å². The second-order valence-electron chi connectivity index (χ2n) is 6.25. The van der Waals surface area contributed by atoms with Crippen LogP contribution in [0.1, 0.15) is 11.1 Å². The number of hydrogen-bond acceptors (Lipinski definition) is 2. The summed E-state index contributed by atoms with van der Waals surface area (Å²) >= 11 is 0. The van der Waals surface area contributed by atoms with Crippen molar-refractivity contribution >= 4 is 11.6 Å². The second kappa shape index (κ2) is 6.45. The van der Waals surface area contributed by atoms with Gasteiger partial charge >= 0.3 is 0 Å². The predicted molar refractivity (Wildman–Crippen MR) is 98.9 cm³/mol. The molecule has 0 saturated carbocycles. The Kier molecular flexibility index (Phi) is 3.98. The minimum atomic E-state index is -0.305. The van der Waals surface area contributed by atoms with Crippen LogP contribution in [-0.4, -0.2) is 5.91 Å². The molecule has 3 aromatic rings. The Balaban J connectivity index is 1.95. The lowest BCUT2D eigenvalue weighted by Gasteiger charge is -2.15. The van der Waals surface area contributed by atoms with Crippen molar-refractivity contribution in [3.8, 4) is 28.3 Å². The number of fused-ring (bicyclic) bond motifs is 1. The van der Waals surface area contributed by atoms with Crippen LogP contribution in [0.2, 0.25) is 0 Å². The fraction of sp³-hybridized carbons (Fsp3) is 0.0909. The Bertz CT molecular complexity index is 1070. The third-order valence-corrected chi connectivity index (χ3v) is 4.60. The molecular formula is C22H15FN2O. The van der Waals surface area contributed by atoms with Crippen molar-refractivity contribution in [2.24, 2.45) is 0 Å². The molecule has 1 aliphatic rings. The number of nitriles is 1. The van der Waals surface area contributed by atoms with E-state index in [1.807, 2.05) is 36.4 Å². The number of rotatable bonds is 3. The van der Waals surface area contributed by atoms with E-state index in [4.69, 9.17) is 0 Å². The van der Waals surface area contributed by atoms with E-state index in [0.29, 0.717) is 12.0 Å². The highest BCUT2D eigenvalue weighted by molar-refractivity contribution is 6.00. The molecule has 3 nitrogen and oxygen atoms in total. The molecule has 0 unspecified atom stereocenters. The van der Waals surface area contributed by atoms with Gasteiger partial charge in [-0.2, -0.15) is 5.26 Å². The zero-order valence-corrected chi connectivity index (χ0v) is 13.9. The van der Waals surface area contributed by atoms with Gasteiger partial charge in [0, 0.05) is 11.3 Å². The number of amides is 1. The number of hydrogen-bond donors (Lipinski definition) is 1. The Hall–Kier alpha value is -3.45. The molecule has 0 spiro atoms. The van der Waals surface area contributed by atoms with E-state index < -0.39 is 0 Å². The lowest BCUT2D eigenvalue weighted by molar-refractivity contribution is -0.115. The molecular weight excluding hydrogens is 327 g/mol. The Labute approximate surface area is 150 Å². The summed E-state index contributed by atoms with van der Waals surface area (Å²) in [5.74, 6) is -0.336. The molecule has 4 heteroatoms. The van der Waals surface area contributed by atoms with E-state index in [0.717, 1.165) is 33.5 Å². The van der Waals surface area contributed by atoms with Gasteiger partial charge in [-0.25, -0.2) is 4.39 Å². The number of halogens is 1. The smallest absolute Gasteiger partial charge is 0.228 e. The Morgan fingerprint density at radius 2 is 1.85 bits per heavy atom. The third-order valence-electron chi connectivity index (χ3n) is 4.60. The van der Waals surface area contributed by atoms with Gasteiger partial charge in [-0.05, 0) is 46.0 Å². The van der Waals surface area contributed by atoms with E-state index in [1.54, 1.807) is 18.2 Å². The average molecular weight is 342 g/mol. The molecule has 0 aliphatic carbocycles. The van der Waals surface area contributed by atoms with Crippen LogP contribution in [0.3, 0.4) is 0 Å². The van der Waals surface area contributed by atoms with Crippen molar-refractivity contribution in [3.63, 3.8) is 0 Å². The molecule has 26 heavy (non-hydrogen) atoms. The maximum atomic E-state index is 14.4. The number of nitrogens with one attached hydrogen (secondary N) is 1. The summed E-state index contributed by atoms with van der Waals surface area (Å²) in [5, 5.41) is 12.0. The standard InChI is InChI=1S/C22H15FN2O/c23-19-7-2-1-5-17(19)18-6-3-4-14(10-11-24)22(18)15-8-9-20-16(12-15)13-21(26)25-20/h1-9,12H,10,13H2,(H,25,26). The van der Waals surface area contributed by atoms with Gasteiger partial charge in [-0.1, -0.05) is 42.5 Å². The van der Waals surface area contributed by atoms with Crippen molar-refractivity contribution in [1.82, 2.24) is 0 Å². The molecule has 3 aromatic carbocycles. The molecule has 0 atom stereocenters. The summed E-state index contributed by atoms with van der Waals surface area (Å²) in [6.45, 7) is 0. The number of anilines is 1. The number of carbonyl (C=O) groups excluding carboxylic acids is 1. The highest BCUT2D eigenvalue weighted by atomic mass is 19.1. The van der Waals surface area contributed by atoms with Gasteiger partial charge in [0.05, 0.1) is 18.9 Å². The molecule has 0 radical (unpaired) electrons. The Morgan fingerprint density at radius 3 is 2.65 bits per heavy atom. The molecule has 1 heterocycles. The van der Waals surface area contributed by atoms with Crippen molar-refractivity contribution < 1.29 is 9.18 Å². The SMILES string of the molecule is N#CCc1cccc(-c2ccccc2F)c1-c1ccc2c(c1)CC(=O)N2. The first-order valence-corrected chi connectivity index (χ1v) is 8.34. The summed E-state index contributed by atoms with van der Waals surface area (Å²) in [6.07, 6.45) is 0.560. The third kappa shape index (κ3) is 2.74. The molecule has 0 fully saturated rings. The highest BCUT2D eigenvalue weighted by Gasteiger charge is 2.20. The minimum absolute atomic E-state index is 0.0308. The largest absolute Gasteiger partial charge is 0.326 e. The first kappa shape index (κ1) is 16.0. The first-order chi connectivity index (χ1) is 12.7. The fourth-order valence-electron chi connectivity index (χ4n) is 3.46. The minimum Gasteiger partial charge on any atom is -0.326 e. The molecule has 1 N–H and O–H groups in total. The van der Waals surface area contributed by atoms with Crippen LogP contribution in [0.5, 0.6) is 0 Å². The van der Waals surface area contributed by atoms with E-state index in [2.05, 4.69) is 11.4 Å². The van der Waals surface area contributed by atoms with Gasteiger partial charge < -0.3 is 5.32 Å². The fourth-order valence-corrected chi connectivity index (χ4v) is 3.46. The normalized spacial score (nSPS) is 12.4. The van der Waals surface area contributed by atoms with Crippen molar-refractivity contribution in [2.75, 3.05) is 5.32 Å². The number of benzene rings is 3. The quantitative estimate of drug-likeness (QED) is 0.749. The monoisotopic (exact) mass is 342 g/mol. The van der Waals surface area contributed by atoms with Gasteiger partial charge in [-0.15, -0.1) is 0 Å². The maximum absolute atomic E-state index is 14.4. The molecule has 1 amide bonds. The van der Waals surface area contributed by atoms with Crippen LogP contribution in [0.15, 0.2) is 60.7 Å². The average Bonchev–Trinajstić information content (AvgIpc) is 3.01. The maximum Gasteiger partial charge on any atom is 0.228 e. The van der Waals surface area contributed by atoms with E-state index >= 15 is 0 Å². The van der Waals surface area contributed by atoms with Gasteiger partial charge in [0.25, 0.3) is 0 Å². The molecule has 1 aliphatic heterocycles. The zero-order chi connectivity index (χ0) is 18.1. The van der Waals surface area contributed by atoms with E-state index in [-0.39, 0.29) is 18.1 Å². The van der Waals surface area contributed by atoms with Gasteiger partial charge in [0.2, 0.25) is 5.91 Å². The van der Waals surface area contributed by atoms with Crippen molar-refractivity contribution in [1.29, 1.82) is 5.26 Å². The van der Waals surface area contributed by atoms with E-state index in [1.165, 1.54) is 6.07 Å². The number of carbonyl (C=O) groups is 1. The first-order valence-electron chi connectivity index (χ1n) is 8.34. The van der Waals surface area contributed by atoms with Crippen LogP contribution in [0, 0.1) is 17.1 Å². The summed E-state index contributed by atoms with van der Waals surface area (Å²) in [4.78, 5) is 11.6. The van der Waals surface area contributed by atoms with Crippen molar-refractivity contribution in [3.05, 3.63) is 77.6 Å². The summed E-state index contributed by atoms with van der Waals surface area (Å²) < 4.78 is 14.4.